The van der Waals surface area contributed by atoms with Crippen LogP contribution in [0.4, 0.5) is 0 Å². The summed E-state index contributed by atoms with van der Waals surface area (Å²) < 4.78 is 6.33. The molecule has 0 fully saturated rings. The van der Waals surface area contributed by atoms with Crippen LogP contribution >= 0.6 is 0 Å². The fourth-order valence-electron chi connectivity index (χ4n) is 6.00. The quantitative estimate of drug-likeness (QED) is 0.203. The minimum absolute atomic E-state index is 0.0817. The first-order valence-corrected chi connectivity index (χ1v) is 14.9. The Labute approximate surface area is 260 Å². The first-order valence-electron chi connectivity index (χ1n) is 14.9. The van der Waals surface area contributed by atoms with Crippen LogP contribution in [0.1, 0.15) is 23.7 Å². The average Bonchev–Trinajstić information content (AvgIpc) is 3.51. The molecule has 0 aliphatic heterocycles. The van der Waals surface area contributed by atoms with Crippen molar-refractivity contribution < 1.29 is 4.42 Å². The van der Waals surface area contributed by atoms with Crippen molar-refractivity contribution in [2.45, 2.75) is 12.3 Å². The zero-order chi connectivity index (χ0) is 30.2. The van der Waals surface area contributed by atoms with Gasteiger partial charge in [-0.15, -0.1) is 0 Å². The molecule has 0 bridgehead atoms. The van der Waals surface area contributed by atoms with Crippen LogP contribution in [0.5, 0.6) is 0 Å². The van der Waals surface area contributed by atoms with Crippen molar-refractivity contribution >= 4 is 21.9 Å². The second-order valence-corrected chi connectivity index (χ2v) is 11.1. The summed E-state index contributed by atoms with van der Waals surface area (Å²) in [6, 6.07) is 40.8. The van der Waals surface area contributed by atoms with Gasteiger partial charge in [0.25, 0.3) is 0 Å². The number of furan rings is 1. The molecule has 0 spiro atoms. The monoisotopic (exact) mass is 578 g/mol. The summed E-state index contributed by atoms with van der Waals surface area (Å²) >= 11 is 0. The fraction of sp³-hybridized carbons (Fsp3) is 0.0500. The summed E-state index contributed by atoms with van der Waals surface area (Å²) in [4.78, 5) is 14.8. The smallest absolute Gasteiger partial charge is 0.163 e. The van der Waals surface area contributed by atoms with Gasteiger partial charge in [-0.25, -0.2) is 15.0 Å². The molecule has 5 aromatic carbocycles. The van der Waals surface area contributed by atoms with Crippen LogP contribution < -0.4 is 0 Å². The summed E-state index contributed by atoms with van der Waals surface area (Å²) in [5.41, 5.74) is 7.82. The van der Waals surface area contributed by atoms with Gasteiger partial charge in [0.15, 0.2) is 11.6 Å². The van der Waals surface area contributed by atoms with E-state index in [1.54, 1.807) is 0 Å². The summed E-state index contributed by atoms with van der Waals surface area (Å²) in [5.74, 6) is 2.10. The highest BCUT2D eigenvalue weighted by Crippen LogP contribution is 2.38. The molecule has 0 N–H and O–H groups in total. The topological polar surface area (TPSA) is 75.6 Å². The molecule has 0 amide bonds. The third-order valence-electron chi connectivity index (χ3n) is 8.23. The molecule has 5 heteroatoms. The standard InChI is InChI=1S/C40H26N4O/c41-25-26-21-31(24-32(22-26)33-18-10-19-35-34-17-7-8-20-36(34)45-37(33)35)29-15-9-16-30(23-29)40-43-38(27-11-3-1-4-12-27)42-39(44-40)28-13-5-2-6-14-28/h1-13,15-24,28H,14H2. The van der Waals surface area contributed by atoms with Crippen LogP contribution in [0, 0.1) is 11.3 Å². The van der Waals surface area contributed by atoms with Crippen molar-refractivity contribution in [1.82, 2.24) is 15.0 Å². The van der Waals surface area contributed by atoms with Crippen LogP contribution in [0.15, 0.2) is 144 Å². The Morgan fingerprint density at radius 1 is 0.622 bits per heavy atom. The molecule has 1 aliphatic carbocycles. The number of para-hydroxylation sites is 2. The number of aromatic nitrogens is 3. The van der Waals surface area contributed by atoms with Crippen molar-refractivity contribution in [3.63, 3.8) is 0 Å². The van der Waals surface area contributed by atoms with Crippen LogP contribution in [0.2, 0.25) is 0 Å². The van der Waals surface area contributed by atoms with E-state index in [0.29, 0.717) is 17.2 Å². The molecule has 0 radical (unpaired) electrons. The number of allylic oxidation sites excluding steroid dienone is 4. The molecule has 2 aromatic heterocycles. The van der Waals surface area contributed by atoms with E-state index in [2.05, 4.69) is 54.6 Å². The number of rotatable bonds is 5. The average molecular weight is 579 g/mol. The lowest BCUT2D eigenvalue weighted by molar-refractivity contribution is 0.670. The highest BCUT2D eigenvalue weighted by molar-refractivity contribution is 6.09. The minimum Gasteiger partial charge on any atom is -0.455 e. The van der Waals surface area contributed by atoms with Gasteiger partial charge in [-0.1, -0.05) is 109 Å². The van der Waals surface area contributed by atoms with Gasteiger partial charge >= 0.3 is 0 Å². The maximum Gasteiger partial charge on any atom is 0.163 e. The van der Waals surface area contributed by atoms with Crippen molar-refractivity contribution in [1.29, 1.82) is 5.26 Å². The highest BCUT2D eigenvalue weighted by atomic mass is 16.3. The SMILES string of the molecule is N#Cc1cc(-c2cccc(-c3nc(-c4ccccc4)nc(C4C=CC=CC4)n3)c2)cc(-c2cccc3c2oc2ccccc23)c1. The first-order chi connectivity index (χ1) is 22.2. The molecule has 1 unspecified atom stereocenters. The number of hydrogen-bond donors (Lipinski definition) is 0. The Bertz CT molecular complexity index is 2330. The van der Waals surface area contributed by atoms with Gasteiger partial charge in [-0.2, -0.15) is 5.26 Å². The van der Waals surface area contributed by atoms with Crippen molar-refractivity contribution in [3.8, 4) is 51.1 Å². The van der Waals surface area contributed by atoms with E-state index < -0.39 is 0 Å². The Balaban J connectivity index is 1.25. The Morgan fingerprint density at radius 2 is 1.33 bits per heavy atom. The maximum absolute atomic E-state index is 10.0. The number of fused-ring (bicyclic) bond motifs is 3. The van der Waals surface area contributed by atoms with E-state index in [4.69, 9.17) is 19.4 Å². The van der Waals surface area contributed by atoms with E-state index in [1.807, 2.05) is 91.0 Å². The second kappa shape index (κ2) is 11.2. The predicted octanol–water partition coefficient (Wildman–Crippen LogP) is 9.91. The largest absolute Gasteiger partial charge is 0.455 e. The molecular weight excluding hydrogens is 552 g/mol. The fourth-order valence-corrected chi connectivity index (χ4v) is 6.00. The number of nitrogens with zero attached hydrogens (tertiary/aromatic N) is 4. The van der Waals surface area contributed by atoms with E-state index >= 15 is 0 Å². The van der Waals surface area contributed by atoms with E-state index in [-0.39, 0.29) is 5.92 Å². The van der Waals surface area contributed by atoms with Gasteiger partial charge in [0.1, 0.15) is 17.0 Å². The Hall–Kier alpha value is -6.12. The summed E-state index contributed by atoms with van der Waals surface area (Å²) in [6.45, 7) is 0. The zero-order valence-corrected chi connectivity index (χ0v) is 24.3. The summed E-state index contributed by atoms with van der Waals surface area (Å²) in [5, 5.41) is 12.2. The first kappa shape index (κ1) is 26.5. The third kappa shape index (κ3) is 4.99. The van der Waals surface area contributed by atoms with Gasteiger partial charge < -0.3 is 4.42 Å². The minimum atomic E-state index is 0.0817. The molecule has 5 nitrogen and oxygen atoms in total. The lowest BCUT2D eigenvalue weighted by atomic mass is 9.94. The molecule has 7 aromatic rings. The molecule has 1 atom stereocenters. The van der Waals surface area contributed by atoms with E-state index in [1.165, 1.54) is 0 Å². The maximum atomic E-state index is 10.0. The Morgan fingerprint density at radius 3 is 2.18 bits per heavy atom. The van der Waals surface area contributed by atoms with E-state index in [9.17, 15) is 5.26 Å². The molecule has 0 saturated carbocycles. The molecular formula is C40H26N4O. The lowest BCUT2D eigenvalue weighted by Crippen LogP contribution is -2.07. The molecule has 8 rings (SSSR count). The lowest BCUT2D eigenvalue weighted by Gasteiger charge is -2.15. The van der Waals surface area contributed by atoms with Gasteiger partial charge in [0, 0.05) is 33.4 Å². The van der Waals surface area contributed by atoms with Crippen LogP contribution in [-0.2, 0) is 0 Å². The van der Waals surface area contributed by atoms with Gasteiger partial charge in [-0.05, 0) is 53.4 Å². The van der Waals surface area contributed by atoms with Crippen molar-refractivity contribution in [2.24, 2.45) is 0 Å². The van der Waals surface area contributed by atoms with Crippen LogP contribution in [-0.4, -0.2) is 15.0 Å². The second-order valence-electron chi connectivity index (χ2n) is 11.1. The summed E-state index contributed by atoms with van der Waals surface area (Å²) in [6.07, 6.45) is 9.23. The van der Waals surface area contributed by atoms with Gasteiger partial charge in [-0.3, -0.25) is 0 Å². The molecule has 0 saturated heterocycles. The van der Waals surface area contributed by atoms with Gasteiger partial charge in [0.05, 0.1) is 11.6 Å². The van der Waals surface area contributed by atoms with E-state index in [0.717, 1.165) is 67.6 Å². The highest BCUT2D eigenvalue weighted by Gasteiger charge is 2.18. The van der Waals surface area contributed by atoms with Crippen molar-refractivity contribution in [2.75, 3.05) is 0 Å². The van der Waals surface area contributed by atoms with Crippen LogP contribution in [0.3, 0.4) is 0 Å². The van der Waals surface area contributed by atoms with Crippen LogP contribution in [0.25, 0.3) is 67.0 Å². The molecule has 2 heterocycles. The predicted molar refractivity (Wildman–Crippen MR) is 179 cm³/mol. The van der Waals surface area contributed by atoms with Gasteiger partial charge in [0.2, 0.25) is 0 Å². The van der Waals surface area contributed by atoms with Crippen molar-refractivity contribution in [3.05, 3.63) is 151 Å². The number of hydrogen-bond acceptors (Lipinski definition) is 5. The third-order valence-corrected chi connectivity index (χ3v) is 8.23. The Kier molecular flexibility index (Phi) is 6.59. The molecule has 212 valence electrons. The normalized spacial score (nSPS) is 14.2. The molecule has 1 aliphatic rings. The number of nitriles is 1. The number of benzene rings is 5. The molecule has 45 heavy (non-hydrogen) atoms. The summed E-state index contributed by atoms with van der Waals surface area (Å²) in [7, 11) is 0. The zero-order valence-electron chi connectivity index (χ0n) is 24.3.